The van der Waals surface area contributed by atoms with E-state index >= 15 is 0 Å². The molecule has 1 aromatic rings. The summed E-state index contributed by atoms with van der Waals surface area (Å²) in [6.45, 7) is 3.52. The van der Waals surface area contributed by atoms with Crippen molar-refractivity contribution in [2.24, 2.45) is 5.92 Å². The van der Waals surface area contributed by atoms with Crippen molar-refractivity contribution in [2.75, 3.05) is 11.9 Å². The van der Waals surface area contributed by atoms with Crippen molar-refractivity contribution < 1.29 is 9.59 Å². The molecule has 0 saturated carbocycles. The number of hydrogen-bond donors (Lipinski definition) is 0. The maximum absolute atomic E-state index is 12.0. The minimum Gasteiger partial charge on any atom is -0.315 e. The minimum absolute atomic E-state index is 0.0492. The average Bonchev–Trinajstić information content (AvgIpc) is 2.42. The van der Waals surface area contributed by atoms with Gasteiger partial charge in [-0.2, -0.15) is 0 Å². The number of benzene rings is 1. The molecule has 1 atom stereocenters. The molecule has 0 aromatic heterocycles. The van der Waals surface area contributed by atoms with E-state index in [-0.39, 0.29) is 17.6 Å². The van der Waals surface area contributed by atoms with Crippen LogP contribution in [0.3, 0.4) is 0 Å². The van der Waals surface area contributed by atoms with Crippen molar-refractivity contribution in [3.8, 4) is 0 Å². The number of carbonyl (C=O) groups excluding carboxylic acids is 2. The highest BCUT2D eigenvalue weighted by Gasteiger charge is 2.24. The van der Waals surface area contributed by atoms with Gasteiger partial charge in [0, 0.05) is 24.2 Å². The highest BCUT2D eigenvalue weighted by Crippen LogP contribution is 2.29. The molecule has 1 aliphatic rings. The zero-order valence-electron chi connectivity index (χ0n) is 10.5. The lowest BCUT2D eigenvalue weighted by molar-refractivity contribution is -0.121. The lowest BCUT2D eigenvalue weighted by Crippen LogP contribution is -2.30. The van der Waals surface area contributed by atoms with E-state index in [0.717, 1.165) is 29.7 Å². The van der Waals surface area contributed by atoms with Crippen LogP contribution >= 0.6 is 0 Å². The Bertz CT molecular complexity index is 479. The number of Topliss-reactive ketones (excluding diaryl/α,β-unsaturated/α-hetero) is 1. The number of amides is 1. The third-order valence-corrected chi connectivity index (χ3v) is 3.45. The summed E-state index contributed by atoms with van der Waals surface area (Å²) in [5, 5.41) is 0. The SMILES string of the molecule is CC(=O)c1ccc2c(c1)CCC(C)C(=O)N2C. The Morgan fingerprint density at radius 3 is 2.76 bits per heavy atom. The minimum atomic E-state index is 0.0492. The van der Waals surface area contributed by atoms with Gasteiger partial charge in [0.15, 0.2) is 5.78 Å². The Morgan fingerprint density at radius 1 is 1.41 bits per heavy atom. The molecule has 3 nitrogen and oxygen atoms in total. The maximum Gasteiger partial charge on any atom is 0.229 e. The molecule has 1 heterocycles. The first-order chi connectivity index (χ1) is 8.00. The van der Waals surface area contributed by atoms with E-state index in [4.69, 9.17) is 0 Å². The third kappa shape index (κ3) is 2.09. The van der Waals surface area contributed by atoms with Gasteiger partial charge in [0.2, 0.25) is 5.91 Å². The van der Waals surface area contributed by atoms with Gasteiger partial charge in [0.05, 0.1) is 0 Å². The second-order valence-electron chi connectivity index (χ2n) is 4.74. The van der Waals surface area contributed by atoms with Crippen LogP contribution in [0.4, 0.5) is 5.69 Å². The molecular formula is C14H17NO2. The number of nitrogens with zero attached hydrogens (tertiary/aromatic N) is 1. The summed E-state index contributed by atoms with van der Waals surface area (Å²) in [7, 11) is 1.80. The number of anilines is 1. The summed E-state index contributed by atoms with van der Waals surface area (Å²) >= 11 is 0. The first-order valence-electron chi connectivity index (χ1n) is 5.92. The van der Waals surface area contributed by atoms with Crippen LogP contribution in [0, 0.1) is 5.92 Å². The molecule has 90 valence electrons. The first-order valence-corrected chi connectivity index (χ1v) is 5.92. The Kier molecular flexibility index (Phi) is 3.01. The van der Waals surface area contributed by atoms with Crippen LogP contribution in [0.2, 0.25) is 0 Å². The molecule has 17 heavy (non-hydrogen) atoms. The fraction of sp³-hybridized carbons (Fsp3) is 0.429. The topological polar surface area (TPSA) is 37.4 Å². The van der Waals surface area contributed by atoms with Gasteiger partial charge in [-0.1, -0.05) is 6.92 Å². The van der Waals surface area contributed by atoms with Crippen LogP contribution in [0.1, 0.15) is 36.2 Å². The largest absolute Gasteiger partial charge is 0.315 e. The Labute approximate surface area is 101 Å². The Balaban J connectivity index is 2.47. The van der Waals surface area contributed by atoms with E-state index in [1.54, 1.807) is 24.9 Å². The second kappa shape index (κ2) is 4.32. The summed E-state index contributed by atoms with van der Waals surface area (Å²) in [4.78, 5) is 25.0. The molecule has 1 unspecified atom stereocenters. The first kappa shape index (κ1) is 11.8. The molecule has 0 radical (unpaired) electrons. The summed E-state index contributed by atoms with van der Waals surface area (Å²) in [5.41, 5.74) is 2.75. The van der Waals surface area contributed by atoms with Crippen molar-refractivity contribution in [3.63, 3.8) is 0 Å². The van der Waals surface area contributed by atoms with Crippen molar-refractivity contribution in [1.82, 2.24) is 0 Å². The van der Waals surface area contributed by atoms with E-state index < -0.39 is 0 Å². The average molecular weight is 231 g/mol. The molecule has 2 rings (SSSR count). The molecule has 0 N–H and O–H groups in total. The maximum atomic E-state index is 12.0. The molecular weight excluding hydrogens is 214 g/mol. The fourth-order valence-corrected chi connectivity index (χ4v) is 2.28. The van der Waals surface area contributed by atoms with Gasteiger partial charge in [-0.3, -0.25) is 9.59 Å². The molecule has 0 fully saturated rings. The molecule has 1 aromatic carbocycles. The zero-order valence-corrected chi connectivity index (χ0v) is 10.5. The molecule has 1 aliphatic heterocycles. The standard InChI is InChI=1S/C14H17NO2/c1-9-4-5-12-8-11(10(2)16)6-7-13(12)15(3)14(9)17/h6-9H,4-5H2,1-3H3. The van der Waals surface area contributed by atoms with E-state index in [9.17, 15) is 9.59 Å². The van der Waals surface area contributed by atoms with Crippen LogP contribution in [-0.4, -0.2) is 18.7 Å². The molecule has 3 heteroatoms. The summed E-state index contributed by atoms with van der Waals surface area (Å²) in [6.07, 6.45) is 1.70. The molecule has 1 amide bonds. The van der Waals surface area contributed by atoms with E-state index in [0.29, 0.717) is 0 Å². The van der Waals surface area contributed by atoms with Gasteiger partial charge in [-0.15, -0.1) is 0 Å². The lowest BCUT2D eigenvalue weighted by Gasteiger charge is -2.19. The summed E-state index contributed by atoms with van der Waals surface area (Å²) < 4.78 is 0. The molecule has 0 spiro atoms. The highest BCUT2D eigenvalue weighted by molar-refractivity contribution is 5.98. The molecule has 0 saturated heterocycles. The van der Waals surface area contributed by atoms with Crippen LogP contribution in [0.5, 0.6) is 0 Å². The number of hydrogen-bond acceptors (Lipinski definition) is 2. The smallest absolute Gasteiger partial charge is 0.229 e. The van der Waals surface area contributed by atoms with Crippen molar-refractivity contribution in [3.05, 3.63) is 29.3 Å². The second-order valence-corrected chi connectivity index (χ2v) is 4.74. The molecule has 0 bridgehead atoms. The molecule has 0 aliphatic carbocycles. The van der Waals surface area contributed by atoms with Crippen LogP contribution < -0.4 is 4.90 Å². The monoisotopic (exact) mass is 231 g/mol. The van der Waals surface area contributed by atoms with Gasteiger partial charge in [-0.25, -0.2) is 0 Å². The quantitative estimate of drug-likeness (QED) is 0.696. The number of carbonyl (C=O) groups is 2. The van der Waals surface area contributed by atoms with Gasteiger partial charge < -0.3 is 4.90 Å². The van der Waals surface area contributed by atoms with Crippen LogP contribution in [-0.2, 0) is 11.2 Å². The van der Waals surface area contributed by atoms with Crippen molar-refractivity contribution in [1.29, 1.82) is 0 Å². The Hall–Kier alpha value is -1.64. The van der Waals surface area contributed by atoms with Gasteiger partial charge in [0.1, 0.15) is 0 Å². The Morgan fingerprint density at radius 2 is 2.12 bits per heavy atom. The zero-order chi connectivity index (χ0) is 12.6. The third-order valence-electron chi connectivity index (χ3n) is 3.45. The number of aryl methyl sites for hydroxylation is 1. The van der Waals surface area contributed by atoms with Crippen molar-refractivity contribution >= 4 is 17.4 Å². The van der Waals surface area contributed by atoms with Crippen LogP contribution in [0.25, 0.3) is 0 Å². The van der Waals surface area contributed by atoms with Gasteiger partial charge >= 0.3 is 0 Å². The predicted octanol–water partition coefficient (Wildman–Crippen LogP) is 2.43. The van der Waals surface area contributed by atoms with E-state index in [1.165, 1.54) is 0 Å². The van der Waals surface area contributed by atoms with E-state index in [1.807, 2.05) is 19.1 Å². The number of ketones is 1. The number of fused-ring (bicyclic) bond motifs is 1. The number of rotatable bonds is 1. The highest BCUT2D eigenvalue weighted by atomic mass is 16.2. The summed E-state index contributed by atoms with van der Waals surface area (Å²) in [6, 6.07) is 5.59. The van der Waals surface area contributed by atoms with Gasteiger partial charge in [0.25, 0.3) is 0 Å². The predicted molar refractivity (Wildman–Crippen MR) is 67.3 cm³/mol. The van der Waals surface area contributed by atoms with Crippen LogP contribution in [0.15, 0.2) is 18.2 Å². The van der Waals surface area contributed by atoms with E-state index in [2.05, 4.69) is 0 Å². The van der Waals surface area contributed by atoms with Crippen molar-refractivity contribution in [2.45, 2.75) is 26.7 Å². The normalized spacial score (nSPS) is 19.8. The summed E-state index contributed by atoms with van der Waals surface area (Å²) in [5.74, 6) is 0.270. The fourth-order valence-electron chi connectivity index (χ4n) is 2.28. The van der Waals surface area contributed by atoms with Gasteiger partial charge in [-0.05, 0) is 43.5 Å². The lowest BCUT2D eigenvalue weighted by atomic mass is 10.00.